The Balaban J connectivity index is 2.21. The molecule has 0 spiro atoms. The van der Waals surface area contributed by atoms with Gasteiger partial charge in [0.1, 0.15) is 5.56 Å². The molecule has 0 atom stereocenters. The molecular formula is C26H26N6O8. The fraction of sp³-hybridized carbons (Fsp3) is 0.192. The quantitative estimate of drug-likeness (QED) is 0.191. The summed E-state index contributed by atoms with van der Waals surface area (Å²) in [7, 11) is 7.04. The molecule has 0 bridgehead atoms. The Morgan fingerprint density at radius 1 is 0.750 bits per heavy atom. The standard InChI is InChI=1S/C26H26N6O8/c1-29(2)18-9-5-7-16(13-18)27-24(33)23(25(34)28-17-8-6-10-19(14-17)30(3)4)22-20(31(37)38)11-15(26(35)36)12-21(22)32(39)40/h5-14,23H,1-4H3,(H,27,33)(H,28,34)(H,35,36). The number of nitrogens with one attached hydrogen (secondary N) is 2. The van der Waals surface area contributed by atoms with Gasteiger partial charge in [-0.15, -0.1) is 0 Å². The van der Waals surface area contributed by atoms with E-state index in [1.54, 1.807) is 74.4 Å². The van der Waals surface area contributed by atoms with Gasteiger partial charge >= 0.3 is 5.97 Å². The predicted molar refractivity (Wildman–Crippen MR) is 148 cm³/mol. The van der Waals surface area contributed by atoms with E-state index in [0.29, 0.717) is 23.5 Å². The number of benzene rings is 3. The second-order valence-electron chi connectivity index (χ2n) is 9.05. The van der Waals surface area contributed by atoms with Crippen LogP contribution in [0.5, 0.6) is 0 Å². The number of carboxylic acid groups (broad SMARTS) is 1. The average Bonchev–Trinajstić information content (AvgIpc) is 2.88. The number of nitro benzene ring substituents is 2. The lowest BCUT2D eigenvalue weighted by Crippen LogP contribution is -2.33. The summed E-state index contributed by atoms with van der Waals surface area (Å²) < 4.78 is 0. The molecule has 0 aromatic heterocycles. The van der Waals surface area contributed by atoms with Crippen molar-refractivity contribution in [1.82, 2.24) is 0 Å². The molecule has 0 fully saturated rings. The van der Waals surface area contributed by atoms with Crippen LogP contribution in [-0.2, 0) is 9.59 Å². The lowest BCUT2D eigenvalue weighted by molar-refractivity contribution is -0.395. The summed E-state index contributed by atoms with van der Waals surface area (Å²) in [6.07, 6.45) is 0. The van der Waals surface area contributed by atoms with Gasteiger partial charge in [0, 0.05) is 63.1 Å². The molecule has 0 unspecified atom stereocenters. The predicted octanol–water partition coefficient (Wildman–Crippen LogP) is 3.69. The van der Waals surface area contributed by atoms with Gasteiger partial charge in [-0.1, -0.05) is 12.1 Å². The van der Waals surface area contributed by atoms with Gasteiger partial charge in [-0.25, -0.2) is 4.79 Å². The summed E-state index contributed by atoms with van der Waals surface area (Å²) in [6, 6.07) is 14.1. The molecule has 3 rings (SSSR count). The molecule has 208 valence electrons. The lowest BCUT2D eigenvalue weighted by atomic mass is 9.91. The summed E-state index contributed by atoms with van der Waals surface area (Å²) in [6.45, 7) is 0. The second kappa shape index (κ2) is 11.9. The third kappa shape index (κ3) is 6.48. The van der Waals surface area contributed by atoms with Crippen molar-refractivity contribution in [3.05, 3.63) is 92.0 Å². The highest BCUT2D eigenvalue weighted by Gasteiger charge is 2.42. The Kier molecular flexibility index (Phi) is 8.63. The van der Waals surface area contributed by atoms with Crippen molar-refractivity contribution in [3.63, 3.8) is 0 Å². The Morgan fingerprint density at radius 3 is 1.48 bits per heavy atom. The molecule has 3 N–H and O–H groups in total. The molecular weight excluding hydrogens is 524 g/mol. The van der Waals surface area contributed by atoms with Crippen molar-refractivity contribution >= 4 is 51.9 Å². The van der Waals surface area contributed by atoms with E-state index in [2.05, 4.69) is 10.6 Å². The van der Waals surface area contributed by atoms with E-state index in [0.717, 1.165) is 0 Å². The number of aromatic carboxylic acids is 1. The minimum atomic E-state index is -2.12. The second-order valence-corrected chi connectivity index (χ2v) is 9.05. The van der Waals surface area contributed by atoms with Crippen LogP contribution in [0.15, 0.2) is 60.7 Å². The third-order valence-corrected chi connectivity index (χ3v) is 5.85. The molecule has 0 aliphatic rings. The van der Waals surface area contributed by atoms with Crippen LogP contribution in [0, 0.1) is 20.2 Å². The third-order valence-electron chi connectivity index (χ3n) is 5.85. The number of nitrogens with zero attached hydrogens (tertiary/aromatic N) is 4. The van der Waals surface area contributed by atoms with Crippen LogP contribution in [-0.4, -0.2) is 60.9 Å². The number of carbonyl (C=O) groups is 3. The van der Waals surface area contributed by atoms with Gasteiger partial charge in [0.2, 0.25) is 11.8 Å². The molecule has 14 heteroatoms. The first-order valence-electron chi connectivity index (χ1n) is 11.7. The Hall–Kier alpha value is -5.53. The average molecular weight is 551 g/mol. The van der Waals surface area contributed by atoms with Crippen molar-refractivity contribution in [3.8, 4) is 0 Å². The van der Waals surface area contributed by atoms with Crippen LogP contribution in [0.25, 0.3) is 0 Å². The van der Waals surface area contributed by atoms with Crippen molar-refractivity contribution in [2.24, 2.45) is 0 Å². The van der Waals surface area contributed by atoms with E-state index in [4.69, 9.17) is 0 Å². The molecule has 14 nitrogen and oxygen atoms in total. The van der Waals surface area contributed by atoms with Crippen LogP contribution < -0.4 is 20.4 Å². The maximum Gasteiger partial charge on any atom is 0.336 e. The number of carbonyl (C=O) groups excluding carboxylic acids is 2. The molecule has 0 heterocycles. The van der Waals surface area contributed by atoms with E-state index in [-0.39, 0.29) is 11.4 Å². The lowest BCUT2D eigenvalue weighted by Gasteiger charge is -2.19. The first-order chi connectivity index (χ1) is 18.8. The fourth-order valence-electron chi connectivity index (χ4n) is 3.88. The van der Waals surface area contributed by atoms with Gasteiger partial charge in [0.05, 0.1) is 15.4 Å². The molecule has 3 aromatic rings. The van der Waals surface area contributed by atoms with Gasteiger partial charge in [-0.2, -0.15) is 0 Å². The number of nitro groups is 2. The highest BCUT2D eigenvalue weighted by atomic mass is 16.6. The summed E-state index contributed by atoms with van der Waals surface area (Å²) >= 11 is 0. The van der Waals surface area contributed by atoms with Gasteiger partial charge < -0.3 is 25.5 Å². The van der Waals surface area contributed by atoms with Crippen LogP contribution in [0.1, 0.15) is 21.8 Å². The van der Waals surface area contributed by atoms with E-state index in [1.165, 1.54) is 12.1 Å². The van der Waals surface area contributed by atoms with Crippen LogP contribution in [0.2, 0.25) is 0 Å². The Labute approximate surface area is 228 Å². The number of hydrogen-bond acceptors (Lipinski definition) is 9. The zero-order valence-corrected chi connectivity index (χ0v) is 21.9. The van der Waals surface area contributed by atoms with Crippen LogP contribution in [0.4, 0.5) is 34.1 Å². The number of amides is 2. The number of rotatable bonds is 10. The Morgan fingerprint density at radius 2 is 1.15 bits per heavy atom. The van der Waals surface area contributed by atoms with Crippen LogP contribution in [0.3, 0.4) is 0 Å². The van der Waals surface area contributed by atoms with Crippen molar-refractivity contribution in [1.29, 1.82) is 0 Å². The van der Waals surface area contributed by atoms with Gasteiger partial charge in [0.25, 0.3) is 11.4 Å². The monoisotopic (exact) mass is 550 g/mol. The molecule has 3 aromatic carbocycles. The van der Waals surface area contributed by atoms with Crippen LogP contribution >= 0.6 is 0 Å². The summed E-state index contributed by atoms with van der Waals surface area (Å²) in [4.78, 5) is 64.1. The first kappa shape index (κ1) is 29.0. The smallest absolute Gasteiger partial charge is 0.336 e. The van der Waals surface area contributed by atoms with E-state index in [9.17, 15) is 39.7 Å². The van der Waals surface area contributed by atoms with E-state index >= 15 is 0 Å². The zero-order chi connectivity index (χ0) is 29.7. The molecule has 0 saturated carbocycles. The fourth-order valence-corrected chi connectivity index (χ4v) is 3.88. The van der Waals surface area contributed by atoms with Crippen molar-refractivity contribution < 1.29 is 29.3 Å². The minimum Gasteiger partial charge on any atom is -0.478 e. The number of hydrogen-bond donors (Lipinski definition) is 3. The molecule has 40 heavy (non-hydrogen) atoms. The Bertz CT molecular complexity index is 1400. The SMILES string of the molecule is CN(C)c1cccc(NC(=O)C(C(=O)Nc2cccc(N(C)C)c2)c2c([N+](=O)[O-])cc(C(=O)O)cc2[N+](=O)[O-])c1. The van der Waals surface area contributed by atoms with Gasteiger partial charge in [-0.3, -0.25) is 29.8 Å². The largest absolute Gasteiger partial charge is 0.478 e. The zero-order valence-electron chi connectivity index (χ0n) is 21.9. The maximum atomic E-state index is 13.6. The summed E-state index contributed by atoms with van der Waals surface area (Å²) in [5.74, 6) is -5.99. The van der Waals surface area contributed by atoms with Crippen molar-refractivity contribution in [2.75, 3.05) is 48.6 Å². The highest BCUT2D eigenvalue weighted by Crippen LogP contribution is 2.38. The maximum absolute atomic E-state index is 13.6. The van der Waals surface area contributed by atoms with E-state index < -0.39 is 56.0 Å². The number of carboxylic acids is 1. The van der Waals surface area contributed by atoms with Gasteiger partial charge in [-0.05, 0) is 36.4 Å². The number of anilines is 4. The molecule has 2 amide bonds. The topological polar surface area (TPSA) is 188 Å². The normalized spacial score (nSPS) is 10.5. The van der Waals surface area contributed by atoms with E-state index in [1.807, 2.05) is 0 Å². The van der Waals surface area contributed by atoms with Gasteiger partial charge in [0.15, 0.2) is 5.92 Å². The molecule has 0 aliphatic carbocycles. The molecule has 0 aliphatic heterocycles. The summed E-state index contributed by atoms with van der Waals surface area (Å²) in [5.41, 5.74) is -1.94. The minimum absolute atomic E-state index is 0.219. The summed E-state index contributed by atoms with van der Waals surface area (Å²) in [5, 5.41) is 38.4. The van der Waals surface area contributed by atoms with Crippen molar-refractivity contribution in [2.45, 2.75) is 5.92 Å². The highest BCUT2D eigenvalue weighted by molar-refractivity contribution is 6.16. The molecule has 0 saturated heterocycles. The molecule has 0 radical (unpaired) electrons. The first-order valence-corrected chi connectivity index (χ1v) is 11.7.